The molecule has 0 aliphatic carbocycles. The number of carbonyl (C=O) groups excluding carboxylic acids is 6. The number of hydrogen-bond donors (Lipinski definition) is 2. The quantitative estimate of drug-likeness (QED) is 0.0580. The molecule has 8 atom stereocenters. The maximum Gasteiger partial charge on any atom is 0.468 e. The fourth-order valence-electron chi connectivity index (χ4n) is 6.39. The number of imidazole rings is 2. The molecule has 6 heterocycles. The molecule has 2 fully saturated rings. The Morgan fingerprint density at radius 2 is 0.917 bits per heavy atom. The van der Waals surface area contributed by atoms with Crippen molar-refractivity contribution < 1.29 is 76.4 Å². The number of carbonyl (C=O) groups is 6. The first-order chi connectivity index (χ1) is 28.3. The molecule has 4 N–H and O–H groups in total. The summed E-state index contributed by atoms with van der Waals surface area (Å²) in [5.74, 6) is -7.16. The number of nitrogens with zero attached hydrogens (tertiary/aromatic N) is 10. The lowest BCUT2D eigenvalue weighted by molar-refractivity contribution is -0.901. The van der Waals surface area contributed by atoms with Gasteiger partial charge in [-0.1, -0.05) is 0 Å². The molecule has 2 aliphatic heterocycles. The number of ether oxygens (including phenoxy) is 8. The largest absolute Gasteiger partial charge is 0.712 e. The van der Waals surface area contributed by atoms with Gasteiger partial charge in [-0.15, -0.1) is 9.72 Å². The van der Waals surface area contributed by atoms with Gasteiger partial charge in [-0.2, -0.15) is 0 Å². The van der Waals surface area contributed by atoms with Gasteiger partial charge in [0.1, 0.15) is 38.1 Å². The van der Waals surface area contributed by atoms with Crippen LogP contribution in [0.4, 0.5) is 23.5 Å². The van der Waals surface area contributed by atoms with E-state index in [0.717, 1.165) is 63.3 Å². The Hall–Kier alpha value is -7.36. The first-order valence-electron chi connectivity index (χ1n) is 17.6. The lowest BCUT2D eigenvalue weighted by Gasteiger charge is -2.23. The van der Waals surface area contributed by atoms with Crippen molar-refractivity contribution in [1.82, 2.24) is 39.0 Å². The number of fused-ring (bicyclic) bond motifs is 2. The van der Waals surface area contributed by atoms with E-state index in [1.54, 1.807) is 0 Å². The predicted octanol–water partition coefficient (Wildman–Crippen LogP) is -0.786. The Morgan fingerprint density at radius 3 is 1.23 bits per heavy atom. The molecular formula is C32H36N12O16. The SMILES string of the molecule is CC(=O)OC[C@H]1O[C@@H](n2cnc3c(N)nc(/[N+]([O-])=[N+](\[O-])c4nc(N)c5ncn([C@@H]6O[C@H](COC(C)=O)[C@@H](OC(C)=O)[C@H]6OC(C)=O)c5n4)nc32)[C@H](OC(C)=O)[C@@H]1OC(C)=O. The zero-order chi connectivity index (χ0) is 43.7. The average molecular weight is 845 g/mol. The lowest BCUT2D eigenvalue weighted by atomic mass is 10.1. The Balaban J connectivity index is 1.41. The molecule has 0 unspecified atom stereocenters. The third-order valence-electron chi connectivity index (χ3n) is 8.61. The van der Waals surface area contributed by atoms with Crippen molar-refractivity contribution in [2.45, 2.75) is 90.6 Å². The summed E-state index contributed by atoms with van der Waals surface area (Å²) in [4.78, 5) is 95.4. The molecule has 0 bridgehead atoms. The van der Waals surface area contributed by atoms with E-state index in [1.165, 1.54) is 0 Å². The van der Waals surface area contributed by atoms with Crippen molar-refractivity contribution in [3.63, 3.8) is 0 Å². The highest BCUT2D eigenvalue weighted by molar-refractivity contribution is 5.83. The summed E-state index contributed by atoms with van der Waals surface area (Å²) < 4.78 is 46.2. The summed E-state index contributed by atoms with van der Waals surface area (Å²) in [7, 11) is 0. The highest BCUT2D eigenvalue weighted by Gasteiger charge is 2.53. The number of azo groups is 1. The maximum absolute atomic E-state index is 13.7. The van der Waals surface area contributed by atoms with Crippen LogP contribution in [0.15, 0.2) is 12.7 Å². The molecule has 320 valence electrons. The van der Waals surface area contributed by atoms with Crippen LogP contribution < -0.4 is 11.5 Å². The van der Waals surface area contributed by atoms with E-state index in [1.807, 2.05) is 0 Å². The normalized spacial score (nSPS) is 24.1. The van der Waals surface area contributed by atoms with Gasteiger partial charge >= 0.3 is 47.7 Å². The van der Waals surface area contributed by atoms with E-state index in [-0.39, 0.29) is 22.3 Å². The zero-order valence-corrected chi connectivity index (χ0v) is 32.3. The summed E-state index contributed by atoms with van der Waals surface area (Å²) in [6.45, 7) is 5.79. The molecule has 4 aromatic heterocycles. The number of anilines is 2. The maximum atomic E-state index is 13.7. The first kappa shape index (κ1) is 42.3. The summed E-state index contributed by atoms with van der Waals surface area (Å²) in [5.41, 5.74) is 11.6. The van der Waals surface area contributed by atoms with Crippen LogP contribution in [-0.2, 0) is 66.7 Å². The molecule has 4 aromatic rings. The van der Waals surface area contributed by atoms with Gasteiger partial charge in [0, 0.05) is 41.5 Å². The molecule has 0 radical (unpaired) electrons. The number of aromatic nitrogens is 8. The van der Waals surface area contributed by atoms with Gasteiger partial charge in [0.2, 0.25) is 22.9 Å². The third-order valence-corrected chi connectivity index (χ3v) is 8.61. The third kappa shape index (κ3) is 8.57. The van der Waals surface area contributed by atoms with Crippen LogP contribution in [0.5, 0.6) is 0 Å². The highest BCUT2D eigenvalue weighted by Crippen LogP contribution is 2.38. The fourth-order valence-corrected chi connectivity index (χ4v) is 6.39. The minimum absolute atomic E-state index is 0.106. The Bertz CT molecular complexity index is 2250. The number of esters is 6. The van der Waals surface area contributed by atoms with Gasteiger partial charge in [0.25, 0.3) is 0 Å². The molecule has 28 heteroatoms. The molecular weight excluding hydrogens is 808 g/mol. The minimum atomic E-state index is -1.39. The summed E-state index contributed by atoms with van der Waals surface area (Å²) in [5, 5.41) is 27.4. The standard InChI is InChI=1S/C32H36N12O16/c1-11(45)53-7-17-21(55-13(3)47)23(57-15(5)49)29(59-17)41-9-35-19-25(33)37-31(39-27(19)41)43(51)44(52)32-38-26(34)20-28(40-32)42(10-36-20)30-24(58-16(6)50)22(56-14(4)48)18(60-30)8-54-12(2)46/h9-10,17-18,21-24,29-30H,7-8H2,1-6H3,(H2,33,37,39)(H2,34,38,40)/b44-43+/t17-,18-,21-,22-,23-,24-,29-,30-/m1/s1. The van der Waals surface area contributed by atoms with Crippen LogP contribution in [0.25, 0.3) is 22.3 Å². The smallest absolute Gasteiger partial charge is 0.468 e. The van der Waals surface area contributed by atoms with E-state index >= 15 is 0 Å². The minimum Gasteiger partial charge on any atom is -0.712 e. The van der Waals surface area contributed by atoms with E-state index in [9.17, 15) is 39.2 Å². The molecule has 2 saturated heterocycles. The van der Waals surface area contributed by atoms with Crippen LogP contribution in [0.3, 0.4) is 0 Å². The van der Waals surface area contributed by atoms with Gasteiger partial charge in [0.05, 0.1) is 0 Å². The monoisotopic (exact) mass is 844 g/mol. The van der Waals surface area contributed by atoms with Crippen LogP contribution in [0.1, 0.15) is 54.0 Å². The van der Waals surface area contributed by atoms with Crippen LogP contribution in [-0.4, -0.2) is 134 Å². The molecule has 2 aliphatic rings. The molecule has 6 rings (SSSR count). The van der Waals surface area contributed by atoms with Crippen molar-refractivity contribution in [3.05, 3.63) is 23.1 Å². The van der Waals surface area contributed by atoms with Crippen molar-refractivity contribution in [1.29, 1.82) is 0 Å². The topological polar surface area (TPSA) is 368 Å². The van der Waals surface area contributed by atoms with Crippen LogP contribution in [0.2, 0.25) is 0 Å². The molecule has 60 heavy (non-hydrogen) atoms. The number of hydrogen-bond acceptors (Lipinski definition) is 24. The van der Waals surface area contributed by atoms with Gasteiger partial charge in [-0.05, 0) is 19.9 Å². The van der Waals surface area contributed by atoms with E-state index in [0.29, 0.717) is 0 Å². The van der Waals surface area contributed by atoms with Crippen molar-refractivity contribution in [2.75, 3.05) is 24.7 Å². The number of nitrogens with two attached hydrogens (primary N) is 2. The van der Waals surface area contributed by atoms with Crippen LogP contribution in [0, 0.1) is 10.4 Å². The van der Waals surface area contributed by atoms with Gasteiger partial charge in [0.15, 0.2) is 47.9 Å². The predicted molar refractivity (Wildman–Crippen MR) is 189 cm³/mol. The van der Waals surface area contributed by atoms with Gasteiger partial charge in [-0.3, -0.25) is 37.9 Å². The summed E-state index contributed by atoms with van der Waals surface area (Å²) in [6, 6.07) is 0. The summed E-state index contributed by atoms with van der Waals surface area (Å²) >= 11 is 0. The second-order valence-electron chi connectivity index (χ2n) is 13.0. The van der Waals surface area contributed by atoms with Crippen molar-refractivity contribution in [2.24, 2.45) is 0 Å². The van der Waals surface area contributed by atoms with Gasteiger partial charge in [-0.25, -0.2) is 9.97 Å². The van der Waals surface area contributed by atoms with E-state index in [4.69, 9.17) is 49.4 Å². The number of nitrogen functional groups attached to an aromatic ring is 2. The highest BCUT2D eigenvalue weighted by atomic mass is 16.7. The molecule has 0 saturated carbocycles. The van der Waals surface area contributed by atoms with Crippen molar-refractivity contribution >= 4 is 81.7 Å². The molecule has 0 spiro atoms. The first-order valence-corrected chi connectivity index (χ1v) is 17.6. The molecule has 0 amide bonds. The lowest BCUT2D eigenvalue weighted by Crippen LogP contribution is -2.40. The molecule has 0 aromatic carbocycles. The average Bonchev–Trinajstić information content (AvgIpc) is 3.93. The number of rotatable bonds is 12. The second-order valence-corrected chi connectivity index (χ2v) is 13.0. The van der Waals surface area contributed by atoms with E-state index < -0.39 is 131 Å². The molecule has 28 nitrogen and oxygen atoms in total. The van der Waals surface area contributed by atoms with Crippen molar-refractivity contribution in [3.8, 4) is 0 Å². The van der Waals surface area contributed by atoms with Crippen LogP contribution >= 0.6 is 0 Å². The van der Waals surface area contributed by atoms with E-state index in [2.05, 4.69) is 29.9 Å². The fraction of sp³-hybridized carbons (Fsp3) is 0.500. The van der Waals surface area contributed by atoms with Gasteiger partial charge < -0.3 is 59.8 Å². The zero-order valence-electron chi connectivity index (χ0n) is 32.3. The Kier molecular flexibility index (Phi) is 11.9. The summed E-state index contributed by atoms with van der Waals surface area (Å²) in [6.07, 6.45) is -8.23. The Morgan fingerprint density at radius 1 is 0.583 bits per heavy atom. The second kappa shape index (κ2) is 16.9. The Labute approximate surface area is 335 Å².